The molecule has 11 nitrogen and oxygen atoms in total. The minimum absolute atomic E-state index is 0.0812. The highest BCUT2D eigenvalue weighted by atomic mass is 35.5. The summed E-state index contributed by atoms with van der Waals surface area (Å²) in [6.45, 7) is 2.71. The van der Waals surface area contributed by atoms with Gasteiger partial charge in [-0.2, -0.15) is 10.0 Å². The predicted molar refractivity (Wildman–Crippen MR) is 135 cm³/mol. The Morgan fingerprint density at radius 2 is 2.08 bits per heavy atom. The largest absolute Gasteiger partial charge is 0.533 e. The smallest absolute Gasteiger partial charge is 0.491 e. The zero-order valence-corrected chi connectivity index (χ0v) is 20.8. The van der Waals surface area contributed by atoms with Crippen LogP contribution >= 0.6 is 11.6 Å². The number of amides is 1. The Morgan fingerprint density at radius 3 is 2.86 bits per heavy atom. The first-order chi connectivity index (χ1) is 17.9. The third kappa shape index (κ3) is 6.09. The SMILES string of the molecule is CCOC(=O)ON1CCCOc2ccc(Nc3ncc(Cl)c(Nc4c(F)cccc4C(=O)NC)n3)cc21. The van der Waals surface area contributed by atoms with Gasteiger partial charge in [0.15, 0.2) is 5.82 Å². The first-order valence-corrected chi connectivity index (χ1v) is 11.7. The number of nitrogens with one attached hydrogen (secondary N) is 3. The summed E-state index contributed by atoms with van der Waals surface area (Å²) in [5, 5.41) is 9.82. The number of para-hydroxylation sites is 1. The van der Waals surface area contributed by atoms with Gasteiger partial charge in [-0.25, -0.2) is 14.2 Å². The van der Waals surface area contributed by atoms with Crippen LogP contribution in [0, 0.1) is 5.82 Å². The minimum atomic E-state index is -0.824. The number of aromatic nitrogens is 2. The molecule has 0 aliphatic carbocycles. The number of anilines is 5. The standard InChI is InChI=1S/C24H24ClFN6O5/c1-3-35-24(34)37-32-10-5-11-36-19-9-8-14(12-18(19)32)29-23-28-13-16(25)21(31-23)30-20-15(22(33)27-2)6-4-7-17(20)26/h4,6-9,12-13H,3,5,10-11H2,1-2H3,(H,27,33)(H2,28,29,30,31). The lowest BCUT2D eigenvalue weighted by atomic mass is 10.1. The van der Waals surface area contributed by atoms with Crippen molar-refractivity contribution in [3.63, 3.8) is 0 Å². The second-order valence-electron chi connectivity index (χ2n) is 7.64. The average Bonchev–Trinajstić information content (AvgIpc) is 3.08. The molecule has 0 saturated heterocycles. The van der Waals surface area contributed by atoms with Crippen molar-refractivity contribution in [2.45, 2.75) is 13.3 Å². The van der Waals surface area contributed by atoms with Crippen molar-refractivity contribution in [1.82, 2.24) is 15.3 Å². The third-order valence-electron chi connectivity index (χ3n) is 5.17. The molecule has 4 rings (SSSR count). The maximum absolute atomic E-state index is 14.6. The maximum Gasteiger partial charge on any atom is 0.533 e. The molecule has 0 bridgehead atoms. The molecule has 1 aliphatic heterocycles. The predicted octanol–water partition coefficient (Wildman–Crippen LogP) is 4.79. The Kier molecular flexibility index (Phi) is 8.08. The van der Waals surface area contributed by atoms with Crippen LogP contribution < -0.4 is 25.8 Å². The summed E-state index contributed by atoms with van der Waals surface area (Å²) in [7, 11) is 1.45. The topological polar surface area (TPSA) is 127 Å². The molecule has 1 amide bonds. The highest BCUT2D eigenvalue weighted by Crippen LogP contribution is 2.35. The molecule has 3 aromatic rings. The molecule has 0 radical (unpaired) electrons. The van der Waals surface area contributed by atoms with Gasteiger partial charge in [-0.15, -0.1) is 0 Å². The van der Waals surface area contributed by atoms with Crippen molar-refractivity contribution in [3.8, 4) is 5.75 Å². The monoisotopic (exact) mass is 530 g/mol. The van der Waals surface area contributed by atoms with Gasteiger partial charge in [-0.05, 0) is 37.3 Å². The van der Waals surface area contributed by atoms with Gasteiger partial charge in [0.25, 0.3) is 5.91 Å². The van der Waals surface area contributed by atoms with E-state index >= 15 is 0 Å². The van der Waals surface area contributed by atoms with Crippen molar-refractivity contribution in [2.75, 3.05) is 42.5 Å². The lowest BCUT2D eigenvalue weighted by Crippen LogP contribution is -2.28. The van der Waals surface area contributed by atoms with E-state index in [9.17, 15) is 14.0 Å². The normalized spacial score (nSPS) is 12.5. The Bertz CT molecular complexity index is 1310. The van der Waals surface area contributed by atoms with Crippen LogP contribution in [-0.2, 0) is 9.57 Å². The van der Waals surface area contributed by atoms with Gasteiger partial charge in [-0.1, -0.05) is 17.7 Å². The highest BCUT2D eigenvalue weighted by molar-refractivity contribution is 6.33. The molecule has 37 heavy (non-hydrogen) atoms. The lowest BCUT2D eigenvalue weighted by molar-refractivity contribution is 0.0499. The lowest BCUT2D eigenvalue weighted by Gasteiger charge is -2.22. The molecule has 2 aromatic carbocycles. The number of hydroxylamine groups is 1. The van der Waals surface area contributed by atoms with E-state index in [1.807, 2.05) is 0 Å². The molecule has 0 fully saturated rings. The van der Waals surface area contributed by atoms with Gasteiger partial charge >= 0.3 is 6.16 Å². The fraction of sp³-hybridized carbons (Fsp3) is 0.250. The molecule has 0 atom stereocenters. The van der Waals surface area contributed by atoms with Crippen molar-refractivity contribution in [1.29, 1.82) is 0 Å². The van der Waals surface area contributed by atoms with Gasteiger partial charge in [0.05, 0.1) is 37.2 Å². The number of hydrogen-bond acceptors (Lipinski definition) is 10. The Morgan fingerprint density at radius 1 is 1.24 bits per heavy atom. The van der Waals surface area contributed by atoms with Crippen LogP contribution in [0.15, 0.2) is 42.6 Å². The summed E-state index contributed by atoms with van der Waals surface area (Å²) in [6, 6.07) is 9.26. The molecule has 0 spiro atoms. The number of halogens is 2. The zero-order chi connectivity index (χ0) is 26.4. The number of nitrogens with zero attached hydrogens (tertiary/aromatic N) is 3. The Hall–Kier alpha value is -4.32. The Labute approximate surface area is 216 Å². The van der Waals surface area contributed by atoms with Crippen molar-refractivity contribution in [2.24, 2.45) is 0 Å². The van der Waals surface area contributed by atoms with Gasteiger partial charge in [0.2, 0.25) is 5.95 Å². The van der Waals surface area contributed by atoms with Crippen LogP contribution in [-0.4, -0.2) is 48.8 Å². The van der Waals surface area contributed by atoms with Crippen molar-refractivity contribution in [3.05, 3.63) is 59.0 Å². The summed E-state index contributed by atoms with van der Waals surface area (Å²) in [5.41, 5.74) is 1.05. The molecular formula is C24H24ClFN6O5. The highest BCUT2D eigenvalue weighted by Gasteiger charge is 2.22. The van der Waals surface area contributed by atoms with Crippen LogP contribution in [0.25, 0.3) is 0 Å². The van der Waals surface area contributed by atoms with E-state index in [1.165, 1.54) is 36.5 Å². The first-order valence-electron chi connectivity index (χ1n) is 11.4. The number of carbonyl (C=O) groups excluding carboxylic acids is 2. The van der Waals surface area contributed by atoms with E-state index in [0.717, 1.165) is 0 Å². The second kappa shape index (κ2) is 11.6. The molecule has 3 N–H and O–H groups in total. The molecule has 0 unspecified atom stereocenters. The molecule has 1 aliphatic rings. The first kappa shape index (κ1) is 25.8. The number of ether oxygens (including phenoxy) is 2. The fourth-order valence-corrected chi connectivity index (χ4v) is 3.63. The van der Waals surface area contributed by atoms with Crippen LogP contribution in [0.1, 0.15) is 23.7 Å². The summed E-state index contributed by atoms with van der Waals surface area (Å²) in [5.74, 6) is -0.394. The molecule has 0 saturated carbocycles. The Balaban J connectivity index is 1.60. The quantitative estimate of drug-likeness (QED) is 0.367. The van der Waals surface area contributed by atoms with E-state index in [2.05, 4.69) is 25.9 Å². The van der Waals surface area contributed by atoms with E-state index < -0.39 is 17.9 Å². The molecule has 2 heterocycles. The van der Waals surface area contributed by atoms with Gasteiger partial charge in [0.1, 0.15) is 22.3 Å². The number of carbonyl (C=O) groups is 2. The number of fused-ring (bicyclic) bond motifs is 1. The number of hydrogen-bond donors (Lipinski definition) is 3. The summed E-state index contributed by atoms with van der Waals surface area (Å²) < 4.78 is 25.2. The van der Waals surface area contributed by atoms with E-state index in [4.69, 9.17) is 25.9 Å². The maximum atomic E-state index is 14.6. The molecular weight excluding hydrogens is 507 g/mol. The molecule has 1 aromatic heterocycles. The van der Waals surface area contributed by atoms with E-state index in [1.54, 1.807) is 25.1 Å². The summed E-state index contributed by atoms with van der Waals surface area (Å²) in [6.07, 6.45) is 1.14. The van der Waals surface area contributed by atoms with Crippen LogP contribution in [0.5, 0.6) is 5.75 Å². The number of benzene rings is 2. The summed E-state index contributed by atoms with van der Waals surface area (Å²) >= 11 is 6.25. The van der Waals surface area contributed by atoms with Gasteiger partial charge in [-0.3, -0.25) is 4.79 Å². The summed E-state index contributed by atoms with van der Waals surface area (Å²) in [4.78, 5) is 37.9. The third-order valence-corrected chi connectivity index (χ3v) is 5.44. The average molecular weight is 531 g/mol. The molecule has 13 heteroatoms. The van der Waals surface area contributed by atoms with E-state index in [-0.39, 0.29) is 34.6 Å². The van der Waals surface area contributed by atoms with Crippen molar-refractivity contribution >= 4 is 52.5 Å². The number of rotatable bonds is 7. The van der Waals surface area contributed by atoms with Gasteiger partial charge < -0.3 is 30.3 Å². The van der Waals surface area contributed by atoms with Crippen LogP contribution in [0.2, 0.25) is 5.02 Å². The van der Waals surface area contributed by atoms with Crippen molar-refractivity contribution < 1.29 is 28.3 Å². The minimum Gasteiger partial charge on any atom is -0.491 e. The molecule has 194 valence electrons. The fourth-order valence-electron chi connectivity index (χ4n) is 3.49. The zero-order valence-electron chi connectivity index (χ0n) is 20.0. The van der Waals surface area contributed by atoms with E-state index in [0.29, 0.717) is 36.7 Å². The second-order valence-corrected chi connectivity index (χ2v) is 8.05. The van der Waals surface area contributed by atoms with Crippen LogP contribution in [0.4, 0.5) is 38.0 Å². The van der Waals surface area contributed by atoms with Gasteiger partial charge in [0, 0.05) is 19.2 Å². The van der Waals surface area contributed by atoms with Crippen LogP contribution in [0.3, 0.4) is 0 Å².